The molecule has 7 heteroatoms. The van der Waals surface area contributed by atoms with Gasteiger partial charge in [0.25, 0.3) is 0 Å². The molecule has 0 aliphatic heterocycles. The normalized spacial score (nSPS) is 8.43. The summed E-state index contributed by atoms with van der Waals surface area (Å²) >= 11 is 0. The van der Waals surface area contributed by atoms with Gasteiger partial charge < -0.3 is 14.7 Å². The summed E-state index contributed by atoms with van der Waals surface area (Å²) in [5.74, 6) is 0. The standard InChI is InChI=1S/Dy.Na.H3O4P/c;;1-5(2,3)4/h;;(H3,1,2,3,4). The molecule has 0 saturated carbocycles. The maximum absolute atomic E-state index is 8.88. The summed E-state index contributed by atoms with van der Waals surface area (Å²) in [6, 6.07) is 0. The Morgan fingerprint density at radius 3 is 1.14 bits per heavy atom. The van der Waals surface area contributed by atoms with E-state index < -0.39 is 7.82 Å². The van der Waals surface area contributed by atoms with E-state index in [-0.39, 0.29) is 67.7 Å². The van der Waals surface area contributed by atoms with Gasteiger partial charge in [0.15, 0.2) is 0 Å². The predicted molar refractivity (Wildman–Crippen MR) is 20.0 cm³/mol. The van der Waals surface area contributed by atoms with Gasteiger partial charge in [-0.15, -0.1) is 0 Å². The van der Waals surface area contributed by atoms with Crippen molar-refractivity contribution < 1.29 is 57.4 Å². The van der Waals surface area contributed by atoms with Gasteiger partial charge in [0.1, 0.15) is 0 Å². The number of hydrogen-bond donors (Lipinski definition) is 3. The monoisotopic (exact) mass is 285 g/mol. The second-order valence-electron chi connectivity index (χ2n) is 0.513. The van der Waals surface area contributed by atoms with Gasteiger partial charge in [-0.3, -0.25) is 0 Å². The Kier molecular flexibility index (Phi) is 15.0. The zero-order chi connectivity index (χ0) is 4.50. The summed E-state index contributed by atoms with van der Waals surface area (Å²) in [6.45, 7) is 0. The summed E-state index contributed by atoms with van der Waals surface area (Å²) in [7, 11) is -4.64. The third-order valence-electron chi connectivity index (χ3n) is 0. The SMILES string of the molecule is O=P(O)(O)O.[Dy].[Na]. The second-order valence-corrected chi connectivity index (χ2v) is 1.54. The van der Waals surface area contributed by atoms with Crippen LogP contribution in [0, 0.1) is 38.2 Å². The molecule has 0 bridgehead atoms. The van der Waals surface area contributed by atoms with E-state index >= 15 is 0 Å². The first-order valence-electron chi connectivity index (χ1n) is 0.783. The van der Waals surface area contributed by atoms with Gasteiger partial charge in [0.05, 0.1) is 0 Å². The van der Waals surface area contributed by atoms with Crippen LogP contribution in [-0.2, 0) is 4.57 Å². The van der Waals surface area contributed by atoms with E-state index in [1.54, 1.807) is 0 Å². The van der Waals surface area contributed by atoms with Crippen molar-refractivity contribution in [3.8, 4) is 0 Å². The molecule has 0 aliphatic rings. The van der Waals surface area contributed by atoms with Gasteiger partial charge in [-0.1, -0.05) is 0 Å². The fraction of sp³-hybridized carbons (Fsp3) is 0. The van der Waals surface area contributed by atoms with Crippen LogP contribution in [0.1, 0.15) is 0 Å². The van der Waals surface area contributed by atoms with Crippen molar-refractivity contribution in [1.29, 1.82) is 0 Å². The Morgan fingerprint density at radius 2 is 1.14 bits per heavy atom. The molecule has 0 heterocycles. The number of hydrogen-bond acceptors (Lipinski definition) is 1. The Morgan fingerprint density at radius 1 is 1.14 bits per heavy atom. The molecule has 0 spiro atoms. The summed E-state index contributed by atoms with van der Waals surface area (Å²) in [4.78, 5) is 21.6. The van der Waals surface area contributed by atoms with Crippen LogP contribution in [0.5, 0.6) is 0 Å². The van der Waals surface area contributed by atoms with E-state index in [9.17, 15) is 0 Å². The summed E-state index contributed by atoms with van der Waals surface area (Å²) in [5.41, 5.74) is 0. The Labute approximate surface area is 93.2 Å². The molecular weight excluding hydrogens is 280 g/mol. The van der Waals surface area contributed by atoms with E-state index in [1.165, 1.54) is 0 Å². The van der Waals surface area contributed by atoms with Gasteiger partial charge in [0.2, 0.25) is 0 Å². The molecule has 0 unspecified atom stereocenters. The molecule has 0 aromatic heterocycles. The van der Waals surface area contributed by atoms with Crippen molar-refractivity contribution >= 4 is 37.4 Å². The molecule has 0 saturated heterocycles. The molecule has 0 aliphatic carbocycles. The van der Waals surface area contributed by atoms with Crippen LogP contribution in [-0.4, -0.2) is 44.2 Å². The third kappa shape index (κ3) is 60.2. The first-order chi connectivity index (χ1) is 2.00. The topological polar surface area (TPSA) is 77.8 Å². The van der Waals surface area contributed by atoms with E-state index in [1.807, 2.05) is 0 Å². The number of rotatable bonds is 0. The van der Waals surface area contributed by atoms with Gasteiger partial charge in [-0.05, 0) is 0 Å². The molecule has 0 fully saturated rings. The fourth-order valence-electron chi connectivity index (χ4n) is 0. The first-order valence-corrected chi connectivity index (χ1v) is 2.35. The van der Waals surface area contributed by atoms with Crippen LogP contribution in [0.15, 0.2) is 0 Å². The van der Waals surface area contributed by atoms with E-state index in [0.717, 1.165) is 0 Å². The Bertz CT molecular complexity index is 57.8. The van der Waals surface area contributed by atoms with Crippen LogP contribution in [0.3, 0.4) is 0 Å². The molecule has 7 heavy (non-hydrogen) atoms. The molecule has 0 atom stereocenters. The van der Waals surface area contributed by atoms with Gasteiger partial charge in [-0.25, -0.2) is 4.57 Å². The minimum Gasteiger partial charge on any atom is -0.303 e. The maximum atomic E-state index is 8.88. The zero-order valence-corrected chi connectivity index (χ0v) is 8.44. The van der Waals surface area contributed by atoms with Crippen LogP contribution in [0.25, 0.3) is 0 Å². The van der Waals surface area contributed by atoms with Gasteiger partial charge in [0, 0.05) is 67.7 Å². The number of phosphoric acid groups is 1. The van der Waals surface area contributed by atoms with Crippen molar-refractivity contribution in [2.45, 2.75) is 0 Å². The van der Waals surface area contributed by atoms with Crippen molar-refractivity contribution in [2.24, 2.45) is 0 Å². The first kappa shape index (κ1) is 16.2. The van der Waals surface area contributed by atoms with Crippen molar-refractivity contribution in [3.05, 3.63) is 0 Å². The Balaban J connectivity index is -0.0000000800. The zero-order valence-electron chi connectivity index (χ0n) is 3.51. The molecule has 0 aromatic rings. The molecule has 0 aromatic carbocycles. The average Bonchev–Trinajstić information content (AvgIpc) is 0.722. The molecule has 4 nitrogen and oxygen atoms in total. The fourth-order valence-corrected chi connectivity index (χ4v) is 0. The van der Waals surface area contributed by atoms with Crippen molar-refractivity contribution in [2.75, 3.05) is 0 Å². The maximum Gasteiger partial charge on any atom is 0.466 e. The third-order valence-corrected chi connectivity index (χ3v) is 0. The molecule has 0 rings (SSSR count). The van der Waals surface area contributed by atoms with Crippen LogP contribution < -0.4 is 0 Å². The van der Waals surface area contributed by atoms with E-state index in [4.69, 9.17) is 19.2 Å². The minimum absolute atomic E-state index is 0. The average molecular weight is 283 g/mol. The van der Waals surface area contributed by atoms with Crippen molar-refractivity contribution in [1.82, 2.24) is 0 Å². The van der Waals surface area contributed by atoms with Crippen LogP contribution >= 0.6 is 7.82 Å². The summed E-state index contributed by atoms with van der Waals surface area (Å²) < 4.78 is 8.88. The smallest absolute Gasteiger partial charge is 0.303 e. The molecule has 3 N–H and O–H groups in total. The van der Waals surface area contributed by atoms with E-state index in [0.29, 0.717) is 0 Å². The Hall–Kier alpha value is 2.38. The molecule has 0 amide bonds. The predicted octanol–water partition coefficient (Wildman–Crippen LogP) is -1.31. The molecular formula is H3DyNaO4P. The summed E-state index contributed by atoms with van der Waals surface area (Å²) in [5, 5.41) is 0. The molecule has 1 radical (unpaired) electrons. The largest absolute Gasteiger partial charge is 0.466 e. The quantitative estimate of drug-likeness (QED) is 0.381. The van der Waals surface area contributed by atoms with Crippen LogP contribution in [0.2, 0.25) is 0 Å². The van der Waals surface area contributed by atoms with Crippen molar-refractivity contribution in [3.63, 3.8) is 0 Å². The van der Waals surface area contributed by atoms with Crippen LogP contribution in [0.4, 0.5) is 0 Å². The second kappa shape index (κ2) is 6.50. The summed E-state index contributed by atoms with van der Waals surface area (Å²) in [6.07, 6.45) is 0. The van der Waals surface area contributed by atoms with Gasteiger partial charge in [-0.2, -0.15) is 0 Å². The van der Waals surface area contributed by atoms with E-state index in [2.05, 4.69) is 0 Å². The molecule has 43 valence electrons. The van der Waals surface area contributed by atoms with Gasteiger partial charge >= 0.3 is 7.82 Å². The minimum atomic E-state index is -4.64.